The highest BCUT2D eigenvalue weighted by Gasteiger charge is 2.32. The van der Waals surface area contributed by atoms with Crippen molar-refractivity contribution < 1.29 is 13.9 Å². The van der Waals surface area contributed by atoms with Gasteiger partial charge in [0.1, 0.15) is 6.17 Å². The second-order valence-corrected chi connectivity index (χ2v) is 10.2. The molecule has 1 aromatic rings. The van der Waals surface area contributed by atoms with Gasteiger partial charge in [-0.15, -0.1) is 0 Å². The Morgan fingerprint density at radius 3 is 2.47 bits per heavy atom. The SMILES string of the molecule is CCN(C1=C(C)C(C(=O)NCc2c(C)cc(C)[nH]c2=O)=CC(F)C1)C1CCC(N(C)CCOC)CC1. The number of hydrogen-bond donors (Lipinski definition) is 2. The molecule has 2 aliphatic carbocycles. The van der Waals surface area contributed by atoms with Crippen LogP contribution in [0.15, 0.2) is 33.8 Å². The highest BCUT2D eigenvalue weighted by atomic mass is 19.1. The molecule has 0 bridgehead atoms. The van der Waals surface area contributed by atoms with Crippen molar-refractivity contribution >= 4 is 5.91 Å². The summed E-state index contributed by atoms with van der Waals surface area (Å²) in [6.07, 6.45) is 4.80. The van der Waals surface area contributed by atoms with Gasteiger partial charge in [-0.3, -0.25) is 9.59 Å². The number of rotatable bonds is 10. The molecular weight excluding hydrogens is 459 g/mol. The molecule has 200 valence electrons. The number of alkyl halides is 1. The summed E-state index contributed by atoms with van der Waals surface area (Å²) in [5.41, 5.74) is 4.05. The molecule has 1 fully saturated rings. The second kappa shape index (κ2) is 12.7. The quantitative estimate of drug-likeness (QED) is 0.510. The lowest BCUT2D eigenvalue weighted by molar-refractivity contribution is -0.117. The van der Waals surface area contributed by atoms with Crippen molar-refractivity contribution in [1.29, 1.82) is 0 Å². The largest absolute Gasteiger partial charge is 0.383 e. The van der Waals surface area contributed by atoms with Crippen molar-refractivity contribution in [3.8, 4) is 0 Å². The minimum absolute atomic E-state index is 0.106. The van der Waals surface area contributed by atoms with Gasteiger partial charge < -0.3 is 24.8 Å². The van der Waals surface area contributed by atoms with Crippen LogP contribution in [0.3, 0.4) is 0 Å². The molecule has 2 N–H and O–H groups in total. The van der Waals surface area contributed by atoms with Gasteiger partial charge in [-0.25, -0.2) is 4.39 Å². The molecule has 1 amide bonds. The molecule has 1 heterocycles. The summed E-state index contributed by atoms with van der Waals surface area (Å²) in [5, 5.41) is 2.85. The van der Waals surface area contributed by atoms with Crippen LogP contribution < -0.4 is 10.9 Å². The molecule has 0 saturated heterocycles. The highest BCUT2D eigenvalue weighted by molar-refractivity contribution is 5.98. The Balaban J connectivity index is 1.71. The molecule has 8 heteroatoms. The molecule has 1 unspecified atom stereocenters. The number of H-pyrrole nitrogens is 1. The van der Waals surface area contributed by atoms with E-state index in [-0.39, 0.29) is 18.0 Å². The fourth-order valence-electron chi connectivity index (χ4n) is 5.70. The number of methoxy groups -OCH3 is 1. The number of pyridine rings is 1. The number of aryl methyl sites for hydroxylation is 2. The Morgan fingerprint density at radius 1 is 1.19 bits per heavy atom. The van der Waals surface area contributed by atoms with E-state index in [0.717, 1.165) is 67.9 Å². The van der Waals surface area contributed by atoms with Crippen LogP contribution in [0.2, 0.25) is 0 Å². The first kappa shape index (κ1) is 28.1. The molecule has 7 nitrogen and oxygen atoms in total. The van der Waals surface area contributed by atoms with Gasteiger partial charge in [0.25, 0.3) is 11.5 Å². The van der Waals surface area contributed by atoms with E-state index in [4.69, 9.17) is 4.74 Å². The average molecular weight is 503 g/mol. The van der Waals surface area contributed by atoms with Gasteiger partial charge in [0.15, 0.2) is 0 Å². The van der Waals surface area contributed by atoms with Crippen LogP contribution in [-0.4, -0.2) is 72.8 Å². The predicted octanol–water partition coefficient (Wildman–Crippen LogP) is 3.76. The third kappa shape index (κ3) is 6.65. The summed E-state index contributed by atoms with van der Waals surface area (Å²) in [5.74, 6) is -0.341. The van der Waals surface area contributed by atoms with Gasteiger partial charge in [-0.05, 0) is 83.7 Å². The monoisotopic (exact) mass is 502 g/mol. The standard InChI is InChI=1S/C28H43FN4O3/c1-7-33(23-10-8-22(9-11-23)32(5)12-13-36-6)26-16-21(29)15-24(20(26)4)27(34)30-17-25-18(2)14-19(3)31-28(25)35/h14-15,21-23H,7-13,16-17H2,1-6H3,(H,30,34)(H,31,35). The fraction of sp³-hybridized carbons (Fsp3) is 0.643. The number of halogens is 1. The summed E-state index contributed by atoms with van der Waals surface area (Å²) >= 11 is 0. The molecular formula is C28H43FN4O3. The Labute approximate surface area is 214 Å². The van der Waals surface area contributed by atoms with Crippen molar-refractivity contribution in [3.05, 3.63) is 56.2 Å². The second-order valence-electron chi connectivity index (χ2n) is 10.2. The van der Waals surface area contributed by atoms with Crippen LogP contribution in [-0.2, 0) is 16.1 Å². The fourth-order valence-corrected chi connectivity index (χ4v) is 5.70. The predicted molar refractivity (Wildman–Crippen MR) is 142 cm³/mol. The van der Waals surface area contributed by atoms with Gasteiger partial charge in [-0.2, -0.15) is 0 Å². The average Bonchev–Trinajstić information content (AvgIpc) is 2.84. The van der Waals surface area contributed by atoms with Crippen LogP contribution in [0.5, 0.6) is 0 Å². The number of nitrogens with zero attached hydrogens (tertiary/aromatic N) is 2. The van der Waals surface area contributed by atoms with Crippen molar-refractivity contribution in [2.45, 2.75) is 84.6 Å². The third-order valence-corrected chi connectivity index (χ3v) is 7.80. The number of hydrogen-bond acceptors (Lipinski definition) is 5. The number of nitrogens with one attached hydrogen (secondary N) is 2. The topological polar surface area (TPSA) is 77.7 Å². The summed E-state index contributed by atoms with van der Waals surface area (Å²) in [4.78, 5) is 32.9. The summed E-state index contributed by atoms with van der Waals surface area (Å²) in [6, 6.07) is 2.77. The maximum Gasteiger partial charge on any atom is 0.253 e. The van der Waals surface area contributed by atoms with Gasteiger partial charge in [-0.1, -0.05) is 0 Å². The van der Waals surface area contributed by atoms with Crippen molar-refractivity contribution in [1.82, 2.24) is 20.1 Å². The molecule has 0 aliphatic heterocycles. The van der Waals surface area contributed by atoms with Gasteiger partial charge >= 0.3 is 0 Å². The van der Waals surface area contributed by atoms with Crippen LogP contribution in [0.1, 0.15) is 62.8 Å². The molecule has 2 aliphatic rings. The Morgan fingerprint density at radius 2 is 1.86 bits per heavy atom. The zero-order chi connectivity index (χ0) is 26.4. The number of carbonyl (C=O) groups is 1. The third-order valence-electron chi connectivity index (χ3n) is 7.80. The number of aromatic nitrogens is 1. The molecule has 0 spiro atoms. The van der Waals surface area contributed by atoms with Crippen molar-refractivity contribution in [3.63, 3.8) is 0 Å². The van der Waals surface area contributed by atoms with E-state index in [1.54, 1.807) is 7.11 Å². The number of likely N-dealkylation sites (N-methyl/N-ethyl adjacent to an activating group) is 1. The van der Waals surface area contributed by atoms with Gasteiger partial charge in [0.2, 0.25) is 0 Å². The number of amides is 1. The lowest BCUT2D eigenvalue weighted by Crippen LogP contribution is -2.44. The lowest BCUT2D eigenvalue weighted by atomic mass is 9.87. The Bertz CT molecular complexity index is 1040. The van der Waals surface area contributed by atoms with Crippen molar-refractivity contribution in [2.75, 3.05) is 33.9 Å². The minimum atomic E-state index is -1.21. The van der Waals surface area contributed by atoms with E-state index in [1.807, 2.05) is 26.8 Å². The first-order valence-electron chi connectivity index (χ1n) is 13.2. The summed E-state index contributed by atoms with van der Waals surface area (Å²) in [6.45, 7) is 10.2. The zero-order valence-electron chi connectivity index (χ0n) is 22.7. The normalized spacial score (nSPS) is 22.6. The Hall–Kier alpha value is -2.45. The molecule has 1 aromatic heterocycles. The number of aromatic amines is 1. The smallest absolute Gasteiger partial charge is 0.253 e. The summed E-state index contributed by atoms with van der Waals surface area (Å²) in [7, 11) is 3.89. The van der Waals surface area contributed by atoms with Crippen LogP contribution in [0.4, 0.5) is 4.39 Å². The molecule has 0 aromatic carbocycles. The first-order valence-corrected chi connectivity index (χ1v) is 13.2. The maximum absolute atomic E-state index is 14.9. The number of carbonyl (C=O) groups excluding carboxylic acids is 1. The first-order chi connectivity index (χ1) is 17.2. The van der Waals surface area contributed by atoms with E-state index in [2.05, 4.69) is 34.1 Å². The Kier molecular flexibility index (Phi) is 9.91. The van der Waals surface area contributed by atoms with E-state index in [1.165, 1.54) is 6.08 Å². The number of allylic oxidation sites excluding steroid dienone is 2. The van der Waals surface area contributed by atoms with Crippen molar-refractivity contribution in [2.24, 2.45) is 0 Å². The molecule has 1 atom stereocenters. The minimum Gasteiger partial charge on any atom is -0.383 e. The zero-order valence-corrected chi connectivity index (χ0v) is 22.7. The molecule has 36 heavy (non-hydrogen) atoms. The van der Waals surface area contributed by atoms with Gasteiger partial charge in [0, 0.05) is 67.8 Å². The molecule has 1 saturated carbocycles. The van der Waals surface area contributed by atoms with Crippen LogP contribution >= 0.6 is 0 Å². The van der Waals surface area contributed by atoms with E-state index >= 15 is 0 Å². The van der Waals surface area contributed by atoms with Crippen LogP contribution in [0, 0.1) is 13.8 Å². The summed E-state index contributed by atoms with van der Waals surface area (Å²) < 4.78 is 20.1. The highest BCUT2D eigenvalue weighted by Crippen LogP contribution is 2.35. The van der Waals surface area contributed by atoms with Gasteiger partial charge in [0.05, 0.1) is 6.61 Å². The van der Waals surface area contributed by atoms with Crippen LogP contribution in [0.25, 0.3) is 0 Å². The van der Waals surface area contributed by atoms with E-state index in [9.17, 15) is 14.0 Å². The number of ether oxygens (including phenoxy) is 1. The lowest BCUT2D eigenvalue weighted by Gasteiger charge is -2.42. The maximum atomic E-state index is 14.9. The molecule has 0 radical (unpaired) electrons. The molecule has 3 rings (SSSR count). The van der Waals surface area contributed by atoms with E-state index < -0.39 is 6.17 Å². The van der Waals surface area contributed by atoms with E-state index in [0.29, 0.717) is 29.6 Å².